The molecule has 2 atom stereocenters. The lowest BCUT2D eigenvalue weighted by Crippen LogP contribution is -2.44. The van der Waals surface area contributed by atoms with Gasteiger partial charge in [-0.25, -0.2) is 9.18 Å². The van der Waals surface area contributed by atoms with Gasteiger partial charge in [0.25, 0.3) is 0 Å². The topological polar surface area (TPSA) is 74.6 Å². The highest BCUT2D eigenvalue weighted by Gasteiger charge is 2.48. The third-order valence-electron chi connectivity index (χ3n) is 3.76. The molecule has 21 heavy (non-hydrogen) atoms. The SMILES string of the molecule is CC1C(C(=O)O)=CC=CC1(C(=O)O)c1ccc(Br)cc1F. The molecule has 0 saturated heterocycles. The number of aliphatic carboxylic acids is 2. The van der Waals surface area contributed by atoms with Gasteiger partial charge in [-0.05, 0) is 12.1 Å². The van der Waals surface area contributed by atoms with Crippen LogP contribution < -0.4 is 0 Å². The van der Waals surface area contributed by atoms with Crippen LogP contribution in [0.4, 0.5) is 4.39 Å². The lowest BCUT2D eigenvalue weighted by atomic mass is 9.65. The van der Waals surface area contributed by atoms with E-state index in [9.17, 15) is 24.2 Å². The Morgan fingerprint density at radius 2 is 2.00 bits per heavy atom. The second-order valence-electron chi connectivity index (χ2n) is 4.81. The number of benzene rings is 1. The lowest BCUT2D eigenvalue weighted by Gasteiger charge is -2.35. The van der Waals surface area contributed by atoms with E-state index in [1.54, 1.807) is 0 Å². The highest BCUT2D eigenvalue weighted by atomic mass is 79.9. The number of carbonyl (C=O) groups is 2. The van der Waals surface area contributed by atoms with Gasteiger partial charge in [0.15, 0.2) is 0 Å². The van der Waals surface area contributed by atoms with Crippen LogP contribution >= 0.6 is 15.9 Å². The van der Waals surface area contributed by atoms with E-state index in [0.29, 0.717) is 4.47 Å². The Balaban J connectivity index is 2.68. The first-order chi connectivity index (χ1) is 9.80. The summed E-state index contributed by atoms with van der Waals surface area (Å²) < 4.78 is 14.7. The van der Waals surface area contributed by atoms with Gasteiger partial charge in [-0.2, -0.15) is 0 Å². The van der Waals surface area contributed by atoms with Gasteiger partial charge in [-0.1, -0.05) is 47.1 Å². The normalized spacial score (nSPS) is 24.5. The van der Waals surface area contributed by atoms with E-state index in [1.807, 2.05) is 0 Å². The molecule has 0 heterocycles. The van der Waals surface area contributed by atoms with E-state index >= 15 is 0 Å². The molecule has 1 aromatic carbocycles. The summed E-state index contributed by atoms with van der Waals surface area (Å²) in [6, 6.07) is 4.06. The summed E-state index contributed by atoms with van der Waals surface area (Å²) in [5, 5.41) is 18.8. The van der Waals surface area contributed by atoms with Gasteiger partial charge >= 0.3 is 11.9 Å². The molecule has 0 fully saturated rings. The third kappa shape index (κ3) is 2.40. The van der Waals surface area contributed by atoms with Crippen molar-refractivity contribution in [2.45, 2.75) is 12.3 Å². The fourth-order valence-corrected chi connectivity index (χ4v) is 2.95. The van der Waals surface area contributed by atoms with Gasteiger partial charge in [-0.3, -0.25) is 4.79 Å². The minimum atomic E-state index is -1.74. The summed E-state index contributed by atoms with van der Waals surface area (Å²) in [7, 11) is 0. The van der Waals surface area contributed by atoms with Gasteiger partial charge in [0, 0.05) is 21.5 Å². The van der Waals surface area contributed by atoms with Crippen LogP contribution in [0.5, 0.6) is 0 Å². The summed E-state index contributed by atoms with van der Waals surface area (Å²) in [5.74, 6) is -4.11. The Hall–Kier alpha value is -1.95. The van der Waals surface area contributed by atoms with Crippen molar-refractivity contribution in [3.63, 3.8) is 0 Å². The first-order valence-corrected chi connectivity index (χ1v) is 6.91. The monoisotopic (exact) mass is 354 g/mol. The van der Waals surface area contributed by atoms with Gasteiger partial charge in [-0.15, -0.1) is 0 Å². The van der Waals surface area contributed by atoms with E-state index in [-0.39, 0.29) is 11.1 Å². The first-order valence-electron chi connectivity index (χ1n) is 6.12. The summed E-state index contributed by atoms with van der Waals surface area (Å²) in [6.45, 7) is 1.47. The van der Waals surface area contributed by atoms with E-state index in [1.165, 1.54) is 43.4 Å². The highest BCUT2D eigenvalue weighted by Crippen LogP contribution is 2.42. The third-order valence-corrected chi connectivity index (χ3v) is 4.26. The smallest absolute Gasteiger partial charge is 0.331 e. The standard InChI is InChI=1S/C15H12BrFO4/c1-8-10(13(18)19)3-2-6-15(8,14(20)21)11-5-4-9(16)7-12(11)17/h2-8H,1H3,(H,18,19)(H,20,21). The second kappa shape index (κ2) is 5.44. The van der Waals surface area contributed by atoms with Crippen molar-refractivity contribution in [3.8, 4) is 0 Å². The number of hydrogen-bond acceptors (Lipinski definition) is 2. The molecule has 0 bridgehead atoms. The molecule has 0 aromatic heterocycles. The zero-order valence-electron chi connectivity index (χ0n) is 11.0. The van der Waals surface area contributed by atoms with Crippen LogP contribution in [0.3, 0.4) is 0 Å². The van der Waals surface area contributed by atoms with Crippen molar-refractivity contribution < 1.29 is 24.2 Å². The number of hydrogen-bond donors (Lipinski definition) is 2. The van der Waals surface area contributed by atoms with E-state index in [2.05, 4.69) is 15.9 Å². The predicted molar refractivity (Wildman–Crippen MR) is 77.4 cm³/mol. The van der Waals surface area contributed by atoms with E-state index in [0.717, 1.165) is 0 Å². The number of carboxylic acid groups (broad SMARTS) is 2. The van der Waals surface area contributed by atoms with E-state index in [4.69, 9.17) is 0 Å². The molecule has 2 N–H and O–H groups in total. The van der Waals surface area contributed by atoms with Crippen LogP contribution in [0.2, 0.25) is 0 Å². The molecule has 4 nitrogen and oxygen atoms in total. The fraction of sp³-hybridized carbons (Fsp3) is 0.200. The number of allylic oxidation sites excluding steroid dienone is 2. The largest absolute Gasteiger partial charge is 0.480 e. The first kappa shape index (κ1) is 15.4. The lowest BCUT2D eigenvalue weighted by molar-refractivity contribution is -0.143. The Labute approximate surface area is 128 Å². The molecular formula is C15H12BrFO4. The Morgan fingerprint density at radius 3 is 2.52 bits per heavy atom. The fourth-order valence-electron chi connectivity index (χ4n) is 2.61. The van der Waals surface area contributed by atoms with Crippen LogP contribution in [0.15, 0.2) is 46.5 Å². The molecular weight excluding hydrogens is 343 g/mol. The maximum Gasteiger partial charge on any atom is 0.331 e. The number of halogens is 2. The van der Waals surface area contributed by atoms with Gasteiger partial charge in [0.2, 0.25) is 0 Å². The average Bonchev–Trinajstić information content (AvgIpc) is 2.39. The summed E-state index contributed by atoms with van der Waals surface area (Å²) >= 11 is 3.11. The maximum atomic E-state index is 14.2. The van der Waals surface area contributed by atoms with Gasteiger partial charge in [0.05, 0.1) is 0 Å². The van der Waals surface area contributed by atoms with Crippen molar-refractivity contribution >= 4 is 27.9 Å². The van der Waals surface area contributed by atoms with Crippen molar-refractivity contribution in [3.05, 3.63) is 57.9 Å². The quantitative estimate of drug-likeness (QED) is 0.874. The minimum absolute atomic E-state index is 0.0613. The van der Waals surface area contributed by atoms with Crippen molar-refractivity contribution in [1.29, 1.82) is 0 Å². The summed E-state index contributed by atoms with van der Waals surface area (Å²) in [4.78, 5) is 23.1. The molecule has 0 radical (unpaired) electrons. The van der Waals surface area contributed by atoms with Crippen LogP contribution in [0, 0.1) is 11.7 Å². The Morgan fingerprint density at radius 1 is 1.33 bits per heavy atom. The van der Waals surface area contributed by atoms with Gasteiger partial charge in [0.1, 0.15) is 11.2 Å². The molecule has 110 valence electrons. The Bertz CT molecular complexity index is 680. The van der Waals surface area contributed by atoms with Crippen LogP contribution in [0.25, 0.3) is 0 Å². The van der Waals surface area contributed by atoms with Crippen LogP contribution in [-0.4, -0.2) is 22.2 Å². The number of rotatable bonds is 3. The summed E-state index contributed by atoms with van der Waals surface area (Å²) in [6.07, 6.45) is 4.02. The Kier molecular flexibility index (Phi) is 4.00. The molecule has 1 aromatic rings. The molecule has 6 heteroatoms. The zero-order chi connectivity index (χ0) is 15.8. The zero-order valence-corrected chi connectivity index (χ0v) is 12.6. The predicted octanol–water partition coefficient (Wildman–Crippen LogP) is 3.13. The van der Waals surface area contributed by atoms with Crippen molar-refractivity contribution in [2.75, 3.05) is 0 Å². The molecule has 0 saturated carbocycles. The van der Waals surface area contributed by atoms with Crippen molar-refractivity contribution in [2.24, 2.45) is 5.92 Å². The minimum Gasteiger partial charge on any atom is -0.480 e. The molecule has 1 aliphatic rings. The molecule has 2 unspecified atom stereocenters. The average molecular weight is 355 g/mol. The van der Waals surface area contributed by atoms with E-state index < -0.39 is 29.1 Å². The second-order valence-corrected chi connectivity index (χ2v) is 5.72. The van der Waals surface area contributed by atoms with Gasteiger partial charge < -0.3 is 10.2 Å². The number of carboxylic acids is 2. The summed E-state index contributed by atoms with van der Waals surface area (Å²) in [5.41, 5.74) is -1.87. The van der Waals surface area contributed by atoms with Crippen LogP contribution in [0.1, 0.15) is 12.5 Å². The van der Waals surface area contributed by atoms with Crippen molar-refractivity contribution in [1.82, 2.24) is 0 Å². The highest BCUT2D eigenvalue weighted by molar-refractivity contribution is 9.10. The molecule has 0 aliphatic heterocycles. The molecule has 0 amide bonds. The van der Waals surface area contributed by atoms with Crippen LogP contribution in [-0.2, 0) is 15.0 Å². The molecule has 1 aliphatic carbocycles. The molecule has 0 spiro atoms. The maximum absolute atomic E-state index is 14.2. The molecule has 2 rings (SSSR count).